The Labute approximate surface area is 116 Å². The molecule has 0 spiro atoms. The van der Waals surface area contributed by atoms with E-state index in [2.05, 4.69) is 5.32 Å². The van der Waals surface area contributed by atoms with Gasteiger partial charge < -0.3 is 10.2 Å². The highest BCUT2D eigenvalue weighted by molar-refractivity contribution is 5.80. The maximum atomic E-state index is 12.2. The second-order valence-corrected chi connectivity index (χ2v) is 5.67. The Morgan fingerprint density at radius 1 is 1.16 bits per heavy atom. The van der Waals surface area contributed by atoms with Crippen molar-refractivity contribution in [3.8, 4) is 0 Å². The van der Waals surface area contributed by atoms with Crippen LogP contribution < -0.4 is 5.32 Å². The molecule has 0 radical (unpaired) electrons. The maximum Gasteiger partial charge on any atom is 0.225 e. The molecule has 1 saturated carbocycles. The van der Waals surface area contributed by atoms with Crippen molar-refractivity contribution in [3.05, 3.63) is 0 Å². The number of carbonyl (C=O) groups is 2. The van der Waals surface area contributed by atoms with Crippen LogP contribution in [0.1, 0.15) is 53.4 Å². The lowest BCUT2D eigenvalue weighted by Gasteiger charge is -2.25. The number of carbonyl (C=O) groups excluding carboxylic acids is 2. The van der Waals surface area contributed by atoms with Crippen LogP contribution in [0.2, 0.25) is 0 Å². The van der Waals surface area contributed by atoms with Gasteiger partial charge in [-0.05, 0) is 25.7 Å². The molecular weight excluding hydrogens is 240 g/mol. The summed E-state index contributed by atoms with van der Waals surface area (Å²) >= 11 is 0. The van der Waals surface area contributed by atoms with Crippen molar-refractivity contribution in [2.75, 3.05) is 13.1 Å². The van der Waals surface area contributed by atoms with Gasteiger partial charge in [-0.3, -0.25) is 9.59 Å². The minimum atomic E-state index is 0.0552. The zero-order valence-electron chi connectivity index (χ0n) is 12.7. The molecule has 2 atom stereocenters. The molecule has 19 heavy (non-hydrogen) atoms. The molecule has 0 bridgehead atoms. The maximum absolute atomic E-state index is 12.2. The summed E-state index contributed by atoms with van der Waals surface area (Å²) in [6, 6.07) is 0.419. The van der Waals surface area contributed by atoms with E-state index in [4.69, 9.17) is 0 Å². The van der Waals surface area contributed by atoms with E-state index in [9.17, 15) is 9.59 Å². The van der Waals surface area contributed by atoms with E-state index in [1.54, 1.807) is 0 Å². The third kappa shape index (κ3) is 4.84. The summed E-state index contributed by atoms with van der Waals surface area (Å²) in [5, 5.41) is 2.93. The van der Waals surface area contributed by atoms with Crippen LogP contribution in [0.5, 0.6) is 0 Å². The van der Waals surface area contributed by atoms with Gasteiger partial charge in [0.1, 0.15) is 0 Å². The van der Waals surface area contributed by atoms with Gasteiger partial charge in [0, 0.05) is 31.0 Å². The van der Waals surface area contributed by atoms with Crippen molar-refractivity contribution in [2.24, 2.45) is 11.8 Å². The van der Waals surface area contributed by atoms with Crippen LogP contribution in [0.15, 0.2) is 0 Å². The van der Waals surface area contributed by atoms with Gasteiger partial charge in [-0.1, -0.05) is 27.7 Å². The van der Waals surface area contributed by atoms with E-state index in [-0.39, 0.29) is 23.7 Å². The van der Waals surface area contributed by atoms with E-state index < -0.39 is 0 Å². The quantitative estimate of drug-likeness (QED) is 0.733. The summed E-state index contributed by atoms with van der Waals surface area (Å²) < 4.78 is 0. The molecule has 1 N–H and O–H groups in total. The Morgan fingerprint density at radius 2 is 1.74 bits per heavy atom. The standard InChI is InChI=1S/C15H28N2O2/c1-5-11(3)14(18)16-9-10-17(13-7-8-13)15(19)12(4)6-2/h11-13H,5-10H2,1-4H3,(H,16,18)/t11-,12+/m1/s1. The summed E-state index contributed by atoms with van der Waals surface area (Å²) in [4.78, 5) is 25.9. The molecule has 110 valence electrons. The molecule has 1 aliphatic carbocycles. The fourth-order valence-electron chi connectivity index (χ4n) is 1.98. The highest BCUT2D eigenvalue weighted by Crippen LogP contribution is 2.28. The first kappa shape index (κ1) is 16.0. The van der Waals surface area contributed by atoms with Crippen LogP contribution in [0, 0.1) is 11.8 Å². The number of nitrogens with zero attached hydrogens (tertiary/aromatic N) is 1. The molecule has 1 rings (SSSR count). The summed E-state index contributed by atoms with van der Waals surface area (Å²) in [6.07, 6.45) is 3.95. The summed E-state index contributed by atoms with van der Waals surface area (Å²) in [5.41, 5.74) is 0. The fourth-order valence-corrected chi connectivity index (χ4v) is 1.98. The number of amides is 2. The van der Waals surface area contributed by atoms with Crippen molar-refractivity contribution in [1.29, 1.82) is 0 Å². The Balaban J connectivity index is 2.39. The van der Waals surface area contributed by atoms with Gasteiger partial charge in [-0.2, -0.15) is 0 Å². The number of nitrogens with one attached hydrogen (secondary N) is 1. The molecule has 0 unspecified atom stereocenters. The van der Waals surface area contributed by atoms with Crippen LogP contribution in [0.3, 0.4) is 0 Å². The minimum Gasteiger partial charge on any atom is -0.354 e. The Hall–Kier alpha value is -1.06. The molecule has 0 aromatic rings. The molecule has 1 aliphatic rings. The number of hydrogen-bond donors (Lipinski definition) is 1. The summed E-state index contributed by atoms with van der Waals surface area (Å²) in [5.74, 6) is 0.475. The molecule has 0 heterocycles. The van der Waals surface area contributed by atoms with E-state index in [1.807, 2.05) is 32.6 Å². The summed E-state index contributed by atoms with van der Waals surface area (Å²) in [7, 11) is 0. The zero-order valence-corrected chi connectivity index (χ0v) is 12.7. The average Bonchev–Trinajstić information content (AvgIpc) is 3.25. The van der Waals surface area contributed by atoms with Crippen molar-refractivity contribution < 1.29 is 9.59 Å². The average molecular weight is 268 g/mol. The SMILES string of the molecule is CC[C@@H](C)C(=O)NCCN(C(=O)[C@@H](C)CC)C1CC1. The van der Waals surface area contributed by atoms with E-state index in [1.165, 1.54) is 0 Å². The van der Waals surface area contributed by atoms with E-state index in [0.29, 0.717) is 19.1 Å². The predicted octanol–water partition coefficient (Wildman–Crippen LogP) is 2.19. The number of rotatable bonds is 8. The first-order valence-corrected chi connectivity index (χ1v) is 7.59. The first-order chi connectivity index (χ1) is 9.01. The highest BCUT2D eigenvalue weighted by Gasteiger charge is 2.33. The molecule has 0 saturated heterocycles. The zero-order chi connectivity index (χ0) is 14.4. The van der Waals surface area contributed by atoms with Crippen LogP contribution in [-0.4, -0.2) is 35.8 Å². The van der Waals surface area contributed by atoms with Gasteiger partial charge in [-0.25, -0.2) is 0 Å². The molecule has 0 aromatic heterocycles. The fraction of sp³-hybridized carbons (Fsp3) is 0.867. The lowest BCUT2D eigenvalue weighted by Crippen LogP contribution is -2.43. The molecule has 4 nitrogen and oxygen atoms in total. The minimum absolute atomic E-state index is 0.0552. The lowest BCUT2D eigenvalue weighted by molar-refractivity contribution is -0.136. The normalized spacial score (nSPS) is 17.7. The number of hydrogen-bond acceptors (Lipinski definition) is 2. The first-order valence-electron chi connectivity index (χ1n) is 7.59. The van der Waals surface area contributed by atoms with Gasteiger partial charge in [0.25, 0.3) is 0 Å². The largest absolute Gasteiger partial charge is 0.354 e. The van der Waals surface area contributed by atoms with Crippen LogP contribution in [0.4, 0.5) is 0 Å². The van der Waals surface area contributed by atoms with Crippen molar-refractivity contribution in [2.45, 2.75) is 59.4 Å². The predicted molar refractivity (Wildman–Crippen MR) is 76.7 cm³/mol. The molecule has 0 aliphatic heterocycles. The Bertz CT molecular complexity index is 313. The molecule has 2 amide bonds. The second-order valence-electron chi connectivity index (χ2n) is 5.67. The highest BCUT2D eigenvalue weighted by atomic mass is 16.2. The Kier molecular flexibility index (Phi) is 6.32. The van der Waals surface area contributed by atoms with Crippen LogP contribution in [-0.2, 0) is 9.59 Å². The van der Waals surface area contributed by atoms with Crippen LogP contribution in [0.25, 0.3) is 0 Å². The van der Waals surface area contributed by atoms with Crippen molar-refractivity contribution >= 4 is 11.8 Å². The van der Waals surface area contributed by atoms with Gasteiger partial charge in [0.2, 0.25) is 11.8 Å². The van der Waals surface area contributed by atoms with E-state index in [0.717, 1.165) is 25.7 Å². The van der Waals surface area contributed by atoms with Gasteiger partial charge in [0.15, 0.2) is 0 Å². The topological polar surface area (TPSA) is 49.4 Å². The smallest absolute Gasteiger partial charge is 0.225 e. The third-order valence-corrected chi connectivity index (χ3v) is 4.02. The van der Waals surface area contributed by atoms with E-state index >= 15 is 0 Å². The summed E-state index contributed by atoms with van der Waals surface area (Å²) in [6.45, 7) is 9.18. The lowest BCUT2D eigenvalue weighted by atomic mass is 10.1. The van der Waals surface area contributed by atoms with Gasteiger partial charge in [-0.15, -0.1) is 0 Å². The van der Waals surface area contributed by atoms with Crippen molar-refractivity contribution in [1.82, 2.24) is 10.2 Å². The molecule has 0 aromatic carbocycles. The Morgan fingerprint density at radius 3 is 2.21 bits per heavy atom. The molecule has 1 fully saturated rings. The van der Waals surface area contributed by atoms with Gasteiger partial charge in [0.05, 0.1) is 0 Å². The van der Waals surface area contributed by atoms with Gasteiger partial charge >= 0.3 is 0 Å². The molecule has 4 heteroatoms. The molecular formula is C15H28N2O2. The second kappa shape index (κ2) is 7.51. The van der Waals surface area contributed by atoms with Crippen LogP contribution >= 0.6 is 0 Å². The monoisotopic (exact) mass is 268 g/mol. The third-order valence-electron chi connectivity index (χ3n) is 4.02. The van der Waals surface area contributed by atoms with Crippen molar-refractivity contribution in [3.63, 3.8) is 0 Å².